The van der Waals surface area contributed by atoms with Crippen molar-refractivity contribution in [1.82, 2.24) is 5.32 Å². The van der Waals surface area contributed by atoms with Gasteiger partial charge in [-0.3, -0.25) is 0 Å². The fourth-order valence-electron chi connectivity index (χ4n) is 2.10. The Bertz CT molecular complexity index is 260. The lowest BCUT2D eigenvalue weighted by atomic mass is 9.98. The molecule has 0 bridgehead atoms. The van der Waals surface area contributed by atoms with Crippen LogP contribution in [0.3, 0.4) is 0 Å². The molecule has 0 radical (unpaired) electrons. The average molecular weight is 211 g/mol. The van der Waals surface area contributed by atoms with Crippen LogP contribution in [0.5, 0.6) is 0 Å². The van der Waals surface area contributed by atoms with Crippen LogP contribution in [-0.4, -0.2) is 23.7 Å². The summed E-state index contributed by atoms with van der Waals surface area (Å²) >= 11 is 0. The molecule has 1 aliphatic rings. The molecule has 3 unspecified atom stereocenters. The Morgan fingerprint density at radius 3 is 2.60 bits per heavy atom. The van der Waals surface area contributed by atoms with Crippen LogP contribution < -0.4 is 5.32 Å². The third-order valence-corrected chi connectivity index (χ3v) is 3.59. The largest absolute Gasteiger partial charge is 0.478 e. The minimum absolute atomic E-state index is 0.418. The number of hydrogen-bond donors (Lipinski definition) is 2. The van der Waals surface area contributed by atoms with Crippen LogP contribution >= 0.6 is 0 Å². The van der Waals surface area contributed by atoms with Crippen molar-refractivity contribution in [1.29, 1.82) is 0 Å². The first-order chi connectivity index (χ1) is 7.02. The minimum atomic E-state index is -0.829. The van der Waals surface area contributed by atoms with E-state index in [1.165, 1.54) is 12.8 Å². The van der Waals surface area contributed by atoms with Crippen LogP contribution in [0.2, 0.25) is 0 Å². The Labute approximate surface area is 91.6 Å². The summed E-state index contributed by atoms with van der Waals surface area (Å²) in [5.74, 6) is 0.653. The summed E-state index contributed by atoms with van der Waals surface area (Å²) < 4.78 is 0. The Balaban J connectivity index is 2.32. The molecule has 1 saturated carbocycles. The van der Waals surface area contributed by atoms with Crippen molar-refractivity contribution >= 4 is 5.97 Å². The Morgan fingerprint density at radius 1 is 1.47 bits per heavy atom. The molecule has 0 saturated heterocycles. The van der Waals surface area contributed by atoms with Gasteiger partial charge in [-0.2, -0.15) is 0 Å². The van der Waals surface area contributed by atoms with E-state index in [0.29, 0.717) is 24.1 Å². The summed E-state index contributed by atoms with van der Waals surface area (Å²) in [5, 5.41) is 12.1. The predicted molar refractivity (Wildman–Crippen MR) is 60.7 cm³/mol. The van der Waals surface area contributed by atoms with Gasteiger partial charge in [-0.1, -0.05) is 19.9 Å². The topological polar surface area (TPSA) is 49.3 Å². The third-order valence-electron chi connectivity index (χ3n) is 3.59. The molecule has 1 rings (SSSR count). The summed E-state index contributed by atoms with van der Waals surface area (Å²) in [7, 11) is 0. The van der Waals surface area contributed by atoms with Gasteiger partial charge in [-0.15, -0.1) is 0 Å². The fraction of sp³-hybridized carbons (Fsp3) is 0.750. The maximum Gasteiger partial charge on any atom is 0.330 e. The van der Waals surface area contributed by atoms with Crippen LogP contribution in [0, 0.1) is 11.8 Å². The van der Waals surface area contributed by atoms with Crippen molar-refractivity contribution in [2.45, 2.75) is 39.7 Å². The number of carboxylic acids is 1. The molecular weight excluding hydrogens is 190 g/mol. The van der Waals surface area contributed by atoms with Gasteiger partial charge < -0.3 is 10.4 Å². The van der Waals surface area contributed by atoms with E-state index >= 15 is 0 Å². The first-order valence-corrected chi connectivity index (χ1v) is 5.65. The van der Waals surface area contributed by atoms with E-state index < -0.39 is 5.97 Å². The van der Waals surface area contributed by atoms with Crippen molar-refractivity contribution in [3.05, 3.63) is 11.6 Å². The van der Waals surface area contributed by atoms with Gasteiger partial charge in [0.2, 0.25) is 0 Å². The minimum Gasteiger partial charge on any atom is -0.478 e. The number of carboxylic acid groups (broad SMARTS) is 1. The standard InChI is InChI=1S/C12H21NO2/c1-8-4-5-11(10(8)3)13-7-6-9(2)12(14)15/h6,8,10-11,13H,4-5,7H2,1-3H3,(H,14,15)/b9-6-. The molecule has 0 aromatic heterocycles. The highest BCUT2D eigenvalue weighted by atomic mass is 16.4. The number of carbonyl (C=O) groups is 1. The highest BCUT2D eigenvalue weighted by Gasteiger charge is 2.28. The highest BCUT2D eigenvalue weighted by Crippen LogP contribution is 2.30. The molecule has 0 spiro atoms. The molecular formula is C12H21NO2. The molecule has 3 atom stereocenters. The Morgan fingerprint density at radius 2 is 2.13 bits per heavy atom. The number of aliphatic carboxylic acids is 1. The van der Waals surface area contributed by atoms with Gasteiger partial charge in [0, 0.05) is 18.2 Å². The monoisotopic (exact) mass is 211 g/mol. The summed E-state index contributed by atoms with van der Waals surface area (Å²) in [5.41, 5.74) is 0.418. The molecule has 0 aromatic carbocycles. The van der Waals surface area contributed by atoms with Gasteiger partial charge in [0.05, 0.1) is 0 Å². The van der Waals surface area contributed by atoms with Crippen molar-refractivity contribution in [3.8, 4) is 0 Å². The summed E-state index contributed by atoms with van der Waals surface area (Å²) in [6.07, 6.45) is 4.24. The predicted octanol–water partition coefficient (Wildman–Crippen LogP) is 2.04. The van der Waals surface area contributed by atoms with E-state index in [2.05, 4.69) is 19.2 Å². The zero-order valence-corrected chi connectivity index (χ0v) is 9.79. The number of hydrogen-bond acceptors (Lipinski definition) is 2. The number of rotatable bonds is 4. The van der Waals surface area contributed by atoms with Crippen molar-refractivity contribution in [3.63, 3.8) is 0 Å². The van der Waals surface area contributed by atoms with Crippen molar-refractivity contribution in [2.75, 3.05) is 6.54 Å². The molecule has 3 nitrogen and oxygen atoms in total. The van der Waals surface area contributed by atoms with Crippen molar-refractivity contribution in [2.24, 2.45) is 11.8 Å². The summed E-state index contributed by atoms with van der Waals surface area (Å²) in [6, 6.07) is 0.554. The lowest BCUT2D eigenvalue weighted by Gasteiger charge is -2.18. The van der Waals surface area contributed by atoms with E-state index in [0.717, 1.165) is 5.92 Å². The van der Waals surface area contributed by atoms with Gasteiger partial charge in [0.25, 0.3) is 0 Å². The fourth-order valence-corrected chi connectivity index (χ4v) is 2.10. The van der Waals surface area contributed by atoms with Crippen LogP contribution in [0.25, 0.3) is 0 Å². The molecule has 1 fully saturated rings. The quantitative estimate of drug-likeness (QED) is 0.700. The molecule has 0 aromatic rings. The van der Waals surface area contributed by atoms with Gasteiger partial charge in [0.15, 0.2) is 0 Å². The number of nitrogens with one attached hydrogen (secondary N) is 1. The van der Waals surface area contributed by atoms with Crippen LogP contribution in [0.4, 0.5) is 0 Å². The van der Waals surface area contributed by atoms with Crippen molar-refractivity contribution < 1.29 is 9.90 Å². The zero-order valence-electron chi connectivity index (χ0n) is 9.79. The molecule has 0 amide bonds. The van der Waals surface area contributed by atoms with E-state index in [4.69, 9.17) is 5.11 Å². The molecule has 2 N–H and O–H groups in total. The second-order valence-electron chi connectivity index (χ2n) is 4.62. The van der Waals surface area contributed by atoms with Gasteiger partial charge >= 0.3 is 5.97 Å². The molecule has 0 heterocycles. The second kappa shape index (κ2) is 5.31. The smallest absolute Gasteiger partial charge is 0.330 e. The first-order valence-electron chi connectivity index (χ1n) is 5.65. The lowest BCUT2D eigenvalue weighted by molar-refractivity contribution is -0.132. The first kappa shape index (κ1) is 12.2. The van der Waals surface area contributed by atoms with Gasteiger partial charge in [0.1, 0.15) is 0 Å². The highest BCUT2D eigenvalue weighted by molar-refractivity contribution is 5.85. The Hall–Kier alpha value is -0.830. The van der Waals surface area contributed by atoms with Gasteiger partial charge in [-0.25, -0.2) is 4.79 Å². The van der Waals surface area contributed by atoms with E-state index in [-0.39, 0.29) is 0 Å². The summed E-state index contributed by atoms with van der Waals surface area (Å²) in [4.78, 5) is 10.5. The lowest BCUT2D eigenvalue weighted by Crippen LogP contribution is -2.32. The average Bonchev–Trinajstić information content (AvgIpc) is 2.49. The van der Waals surface area contributed by atoms with Gasteiger partial charge in [-0.05, 0) is 31.6 Å². The summed E-state index contributed by atoms with van der Waals surface area (Å²) in [6.45, 7) is 6.85. The Kier molecular flexibility index (Phi) is 4.33. The van der Waals surface area contributed by atoms with Crippen LogP contribution in [0.15, 0.2) is 11.6 Å². The molecule has 1 aliphatic carbocycles. The molecule has 3 heteroatoms. The third kappa shape index (κ3) is 3.34. The zero-order chi connectivity index (χ0) is 11.4. The van der Waals surface area contributed by atoms with Crippen LogP contribution in [-0.2, 0) is 4.79 Å². The SMILES string of the molecule is C/C(=C/CNC1CCC(C)C1C)C(=O)O. The maximum absolute atomic E-state index is 10.5. The van der Waals surface area contributed by atoms with Crippen LogP contribution in [0.1, 0.15) is 33.6 Å². The normalized spacial score (nSPS) is 31.9. The van der Waals surface area contributed by atoms with E-state index in [1.807, 2.05) is 0 Å². The maximum atomic E-state index is 10.5. The molecule has 0 aliphatic heterocycles. The molecule has 86 valence electrons. The molecule has 15 heavy (non-hydrogen) atoms. The second-order valence-corrected chi connectivity index (χ2v) is 4.62. The van der Waals surface area contributed by atoms with E-state index in [9.17, 15) is 4.79 Å². The van der Waals surface area contributed by atoms with E-state index in [1.54, 1.807) is 13.0 Å².